The van der Waals surface area contributed by atoms with Crippen LogP contribution in [0.15, 0.2) is 24.3 Å². The van der Waals surface area contributed by atoms with Crippen LogP contribution in [0.5, 0.6) is 5.75 Å². The van der Waals surface area contributed by atoms with Gasteiger partial charge in [0.2, 0.25) is 0 Å². The number of aryl methyl sites for hydroxylation is 1. The lowest BCUT2D eigenvalue weighted by atomic mass is 10.1. The fourth-order valence-corrected chi connectivity index (χ4v) is 5.27. The second-order valence-electron chi connectivity index (χ2n) is 10.0. The maximum atomic E-state index is 12.6. The van der Waals surface area contributed by atoms with Gasteiger partial charge in [0.15, 0.2) is 6.10 Å². The second-order valence-corrected chi connectivity index (χ2v) is 11.4. The summed E-state index contributed by atoms with van der Waals surface area (Å²) in [5.74, 6) is -1.15. The van der Waals surface area contributed by atoms with Crippen LogP contribution in [0.25, 0.3) is 0 Å². The molecule has 0 saturated carbocycles. The summed E-state index contributed by atoms with van der Waals surface area (Å²) in [6, 6.07) is 6.11. The molecule has 1 fully saturated rings. The van der Waals surface area contributed by atoms with Crippen LogP contribution in [0.2, 0.25) is 0 Å². The molecule has 1 saturated heterocycles. The molecular formula is C28H46NO10P. The minimum absolute atomic E-state index is 0.0104. The molecule has 0 bridgehead atoms. The summed E-state index contributed by atoms with van der Waals surface area (Å²) in [6.45, 7) is 2.36. The van der Waals surface area contributed by atoms with Crippen molar-refractivity contribution >= 4 is 19.8 Å². The van der Waals surface area contributed by atoms with Crippen molar-refractivity contribution in [2.24, 2.45) is 5.73 Å². The van der Waals surface area contributed by atoms with Crippen LogP contribution in [0, 0.1) is 0 Å². The van der Waals surface area contributed by atoms with E-state index in [0.29, 0.717) is 13.0 Å². The molecule has 1 unspecified atom stereocenters. The molecule has 0 amide bonds. The second kappa shape index (κ2) is 19.2. The van der Waals surface area contributed by atoms with Crippen molar-refractivity contribution in [3.63, 3.8) is 0 Å². The first-order valence-electron chi connectivity index (χ1n) is 14.3. The summed E-state index contributed by atoms with van der Waals surface area (Å²) in [4.78, 5) is 33.4. The number of esters is 1. The molecule has 1 heterocycles. The number of ether oxygens (including phenoxy) is 3. The number of benzene rings is 1. The molecule has 1 aliphatic heterocycles. The van der Waals surface area contributed by atoms with E-state index < -0.39 is 44.6 Å². The van der Waals surface area contributed by atoms with E-state index in [1.54, 1.807) is 0 Å². The number of carbonyl (C=O) groups is 2. The van der Waals surface area contributed by atoms with Gasteiger partial charge < -0.3 is 29.9 Å². The Balaban J connectivity index is 1.74. The Morgan fingerprint density at radius 1 is 1.07 bits per heavy atom. The largest absolute Gasteiger partial charge is 0.493 e. The molecule has 2 rings (SSSR count). The molecule has 228 valence electrons. The van der Waals surface area contributed by atoms with Crippen molar-refractivity contribution < 1.29 is 47.4 Å². The van der Waals surface area contributed by atoms with E-state index in [2.05, 4.69) is 6.92 Å². The van der Waals surface area contributed by atoms with Gasteiger partial charge in [-0.15, -0.1) is 0 Å². The number of nitrogens with two attached hydrogens (primary N) is 1. The van der Waals surface area contributed by atoms with Crippen LogP contribution in [0.3, 0.4) is 0 Å². The zero-order chi connectivity index (χ0) is 29.2. The molecule has 0 aliphatic carbocycles. The van der Waals surface area contributed by atoms with Gasteiger partial charge in [-0.2, -0.15) is 0 Å². The van der Waals surface area contributed by atoms with Crippen molar-refractivity contribution in [2.45, 2.75) is 102 Å². The highest BCUT2D eigenvalue weighted by Crippen LogP contribution is 2.46. The first-order chi connectivity index (χ1) is 19.2. The third-order valence-corrected chi connectivity index (χ3v) is 7.62. The lowest BCUT2D eigenvalue weighted by molar-refractivity contribution is -0.166. The number of unbranched alkanes of at least 4 members (excludes halogenated alkanes) is 8. The molecule has 4 atom stereocenters. The van der Waals surface area contributed by atoms with Crippen molar-refractivity contribution in [1.29, 1.82) is 0 Å². The van der Waals surface area contributed by atoms with Crippen LogP contribution < -0.4 is 10.5 Å². The number of aliphatic carboxylic acids is 1. The zero-order valence-electron chi connectivity index (χ0n) is 23.5. The molecule has 1 aromatic carbocycles. The molecule has 11 nitrogen and oxygen atoms in total. The minimum Gasteiger partial charge on any atom is -0.493 e. The van der Waals surface area contributed by atoms with Crippen LogP contribution in [0.1, 0.15) is 83.1 Å². The number of carboxylic acid groups (broad SMARTS) is 1. The van der Waals surface area contributed by atoms with Gasteiger partial charge in [0, 0.05) is 19.4 Å². The van der Waals surface area contributed by atoms with E-state index in [-0.39, 0.29) is 26.1 Å². The number of rotatable bonds is 21. The monoisotopic (exact) mass is 587 g/mol. The van der Waals surface area contributed by atoms with Gasteiger partial charge >= 0.3 is 19.8 Å². The lowest BCUT2D eigenvalue weighted by Crippen LogP contribution is -2.42. The lowest BCUT2D eigenvalue weighted by Gasteiger charge is -2.31. The summed E-state index contributed by atoms with van der Waals surface area (Å²) in [5.41, 5.74) is 6.19. The smallest absolute Gasteiger partial charge is 0.472 e. The summed E-state index contributed by atoms with van der Waals surface area (Å²) in [5, 5.41) is 8.80. The molecule has 0 aromatic heterocycles. The summed E-state index contributed by atoms with van der Waals surface area (Å²) in [6.07, 6.45) is 9.92. The highest BCUT2D eigenvalue weighted by atomic mass is 31.2. The van der Waals surface area contributed by atoms with Gasteiger partial charge in [-0.25, -0.2) is 4.57 Å². The first kappa shape index (κ1) is 34.2. The quantitative estimate of drug-likeness (QED) is 0.103. The van der Waals surface area contributed by atoms with Gasteiger partial charge in [0.05, 0.1) is 19.8 Å². The topological polar surface area (TPSA) is 164 Å². The Morgan fingerprint density at radius 2 is 1.75 bits per heavy atom. The highest BCUT2D eigenvalue weighted by molar-refractivity contribution is 7.47. The van der Waals surface area contributed by atoms with E-state index in [1.807, 2.05) is 24.3 Å². The SMILES string of the molecule is CCCCCCCCCCCOc1ccccc1CCC(=O)O[C@@H]1COCC[C@H]1OP(=O)(O)OC[C@H](N)C(=O)O. The molecule has 40 heavy (non-hydrogen) atoms. The highest BCUT2D eigenvalue weighted by Gasteiger charge is 2.37. The van der Waals surface area contributed by atoms with E-state index in [0.717, 1.165) is 24.2 Å². The number of phosphoric ester groups is 1. The number of hydrogen-bond donors (Lipinski definition) is 3. The molecule has 12 heteroatoms. The fourth-order valence-electron chi connectivity index (χ4n) is 4.28. The summed E-state index contributed by atoms with van der Waals surface area (Å²) >= 11 is 0. The Morgan fingerprint density at radius 3 is 2.45 bits per heavy atom. The average molecular weight is 588 g/mol. The number of carbonyl (C=O) groups excluding carboxylic acids is 1. The maximum absolute atomic E-state index is 12.6. The standard InChI is InChI=1S/C28H46NO10P/c1-2-3-4-5-6-7-8-9-12-18-36-24-14-11-10-13-22(24)15-16-27(30)38-26-21-35-19-17-25(26)39-40(33,34)37-20-23(29)28(31)32/h10-11,13-14,23,25-26H,2-9,12,15-21,29H2,1H3,(H,31,32)(H,33,34)/t23-,25+,26+/m0/s1. The van der Waals surface area contributed by atoms with E-state index >= 15 is 0 Å². The van der Waals surface area contributed by atoms with Gasteiger partial charge in [0.25, 0.3) is 0 Å². The Bertz CT molecular complexity index is 930. The summed E-state index contributed by atoms with van der Waals surface area (Å²) in [7, 11) is -4.64. The average Bonchev–Trinajstić information content (AvgIpc) is 2.93. The van der Waals surface area contributed by atoms with Crippen LogP contribution in [-0.2, 0) is 39.1 Å². The van der Waals surface area contributed by atoms with Gasteiger partial charge in [-0.3, -0.25) is 18.6 Å². The van der Waals surface area contributed by atoms with E-state index in [9.17, 15) is 19.0 Å². The molecule has 1 aliphatic rings. The molecule has 0 radical (unpaired) electrons. The molecule has 4 N–H and O–H groups in total. The predicted octanol–water partition coefficient (Wildman–Crippen LogP) is 4.78. The number of hydrogen-bond acceptors (Lipinski definition) is 9. The Labute approximate surface area is 237 Å². The maximum Gasteiger partial charge on any atom is 0.472 e. The van der Waals surface area contributed by atoms with Crippen LogP contribution in [0.4, 0.5) is 0 Å². The van der Waals surface area contributed by atoms with E-state index in [1.165, 1.54) is 44.9 Å². The molecular weight excluding hydrogens is 541 g/mol. The molecule has 1 aromatic rings. The minimum atomic E-state index is -4.64. The van der Waals surface area contributed by atoms with E-state index in [4.69, 9.17) is 34.1 Å². The number of carboxylic acids is 1. The summed E-state index contributed by atoms with van der Waals surface area (Å²) < 4.78 is 39.0. The Kier molecular flexibility index (Phi) is 16.4. The van der Waals surface area contributed by atoms with Crippen LogP contribution in [-0.4, -0.2) is 66.6 Å². The van der Waals surface area contributed by atoms with Crippen molar-refractivity contribution in [1.82, 2.24) is 0 Å². The zero-order valence-corrected chi connectivity index (χ0v) is 24.4. The Hall–Kier alpha value is -2.01. The van der Waals surface area contributed by atoms with Gasteiger partial charge in [-0.05, 0) is 24.5 Å². The third-order valence-electron chi connectivity index (χ3n) is 6.61. The third kappa shape index (κ3) is 14.1. The number of phosphoric acid groups is 1. The van der Waals surface area contributed by atoms with Crippen molar-refractivity contribution in [3.05, 3.63) is 29.8 Å². The van der Waals surface area contributed by atoms with Gasteiger partial charge in [-0.1, -0.05) is 76.5 Å². The number of para-hydroxylation sites is 1. The molecule has 0 spiro atoms. The van der Waals surface area contributed by atoms with Crippen molar-refractivity contribution in [3.8, 4) is 5.75 Å². The van der Waals surface area contributed by atoms with Crippen molar-refractivity contribution in [2.75, 3.05) is 26.4 Å². The normalized spacial score (nSPS) is 19.5. The predicted molar refractivity (Wildman–Crippen MR) is 149 cm³/mol. The van der Waals surface area contributed by atoms with Gasteiger partial charge in [0.1, 0.15) is 17.9 Å². The fraction of sp³-hybridized carbons (Fsp3) is 0.714. The first-order valence-corrected chi connectivity index (χ1v) is 15.8. The van der Waals surface area contributed by atoms with Crippen LogP contribution >= 0.6 is 7.82 Å².